The van der Waals surface area contributed by atoms with Crippen LogP contribution >= 0.6 is 0 Å². The molecule has 0 radical (unpaired) electrons. The van der Waals surface area contributed by atoms with Gasteiger partial charge in [0.2, 0.25) is 5.95 Å². The summed E-state index contributed by atoms with van der Waals surface area (Å²) in [5.74, 6) is 0.874. The molecule has 0 saturated carbocycles. The van der Waals surface area contributed by atoms with Crippen LogP contribution in [0.2, 0.25) is 0 Å². The summed E-state index contributed by atoms with van der Waals surface area (Å²) in [4.78, 5) is 28.5. The maximum atomic E-state index is 13.0. The summed E-state index contributed by atoms with van der Waals surface area (Å²) in [5.41, 5.74) is 4.49. The molecule has 8 nitrogen and oxygen atoms in total. The molecule has 1 aliphatic heterocycles. The molecule has 8 heteroatoms. The molecule has 1 saturated heterocycles. The molecule has 0 bridgehead atoms. The van der Waals surface area contributed by atoms with E-state index in [2.05, 4.69) is 60.1 Å². The highest BCUT2D eigenvalue weighted by atomic mass is 16.2. The second-order valence-corrected chi connectivity index (χ2v) is 10.0. The number of nitrogens with one attached hydrogen (secondary N) is 2. The van der Waals surface area contributed by atoms with Crippen molar-refractivity contribution in [3.05, 3.63) is 53.9 Å². The SMILES string of the molecule is CC(C)Nc1ncc(-c2ccncc2)c(C2CCN(C(=O)c3cc(C(C)(C)C)[nH]n3)CC2)n1. The lowest BCUT2D eigenvalue weighted by Gasteiger charge is -2.32. The normalized spacial score (nSPS) is 15.2. The zero-order valence-corrected chi connectivity index (χ0v) is 20.1. The van der Waals surface area contributed by atoms with Crippen molar-refractivity contribution in [3.63, 3.8) is 0 Å². The molecule has 174 valence electrons. The lowest BCUT2D eigenvalue weighted by Crippen LogP contribution is -2.38. The standard InChI is InChI=1S/C25H33N7O/c1-16(2)28-24-27-15-19(17-6-10-26-11-7-17)22(29-24)18-8-12-32(13-9-18)23(33)20-14-21(31-30-20)25(3,4)5/h6-7,10-11,14-16,18H,8-9,12-13H2,1-5H3,(H,30,31)(H,27,28,29). The molecule has 4 rings (SSSR count). The summed E-state index contributed by atoms with van der Waals surface area (Å²) < 4.78 is 0. The van der Waals surface area contributed by atoms with E-state index in [1.165, 1.54) is 0 Å². The first-order valence-corrected chi connectivity index (χ1v) is 11.6. The van der Waals surface area contributed by atoms with Crippen LogP contribution in [0.4, 0.5) is 5.95 Å². The van der Waals surface area contributed by atoms with Crippen molar-refractivity contribution in [2.75, 3.05) is 18.4 Å². The topological polar surface area (TPSA) is 99.7 Å². The Bertz CT molecular complexity index is 1090. The molecular formula is C25H33N7O. The fraction of sp³-hybridized carbons (Fsp3) is 0.480. The maximum absolute atomic E-state index is 13.0. The van der Waals surface area contributed by atoms with E-state index < -0.39 is 0 Å². The summed E-state index contributed by atoms with van der Waals surface area (Å²) in [6.07, 6.45) is 7.17. The number of H-pyrrole nitrogens is 1. The minimum Gasteiger partial charge on any atom is -0.352 e. The number of aromatic nitrogens is 5. The van der Waals surface area contributed by atoms with Gasteiger partial charge in [-0.3, -0.25) is 14.9 Å². The Kier molecular flexibility index (Phi) is 6.44. The first kappa shape index (κ1) is 22.9. The Morgan fingerprint density at radius 3 is 2.48 bits per heavy atom. The number of carbonyl (C=O) groups is 1. The third kappa shape index (κ3) is 5.21. The molecule has 1 aliphatic rings. The molecule has 3 aromatic heterocycles. The van der Waals surface area contributed by atoms with E-state index in [-0.39, 0.29) is 23.3 Å². The summed E-state index contributed by atoms with van der Waals surface area (Å²) >= 11 is 0. The summed E-state index contributed by atoms with van der Waals surface area (Å²) in [7, 11) is 0. The van der Waals surface area contributed by atoms with Crippen molar-refractivity contribution in [2.24, 2.45) is 0 Å². The summed E-state index contributed by atoms with van der Waals surface area (Å²) in [5, 5.41) is 10.6. The van der Waals surface area contributed by atoms with E-state index in [9.17, 15) is 4.79 Å². The second kappa shape index (κ2) is 9.29. The minimum absolute atomic E-state index is 0.0144. The number of nitrogens with zero attached hydrogens (tertiary/aromatic N) is 5. The molecule has 1 amide bonds. The van der Waals surface area contributed by atoms with Crippen LogP contribution in [0.1, 0.15) is 75.3 Å². The largest absolute Gasteiger partial charge is 0.352 e. The number of piperidine rings is 1. The Labute approximate surface area is 195 Å². The van der Waals surface area contributed by atoms with Crippen molar-refractivity contribution in [1.29, 1.82) is 0 Å². The van der Waals surface area contributed by atoms with E-state index in [1.54, 1.807) is 12.4 Å². The van der Waals surface area contributed by atoms with Gasteiger partial charge in [0.1, 0.15) is 5.69 Å². The van der Waals surface area contributed by atoms with Gasteiger partial charge in [0.15, 0.2) is 0 Å². The van der Waals surface area contributed by atoms with Crippen molar-refractivity contribution < 1.29 is 4.79 Å². The summed E-state index contributed by atoms with van der Waals surface area (Å²) in [6.45, 7) is 11.8. The zero-order chi connectivity index (χ0) is 23.6. The van der Waals surface area contributed by atoms with Crippen molar-refractivity contribution in [3.8, 4) is 11.1 Å². The Morgan fingerprint density at radius 1 is 1.18 bits per heavy atom. The van der Waals surface area contributed by atoms with Crippen molar-refractivity contribution >= 4 is 11.9 Å². The van der Waals surface area contributed by atoms with E-state index in [1.807, 2.05) is 29.3 Å². The molecule has 1 fully saturated rings. The van der Waals surface area contributed by atoms with Crippen LogP contribution in [0.5, 0.6) is 0 Å². The van der Waals surface area contributed by atoms with Gasteiger partial charge in [-0.1, -0.05) is 20.8 Å². The first-order chi connectivity index (χ1) is 15.7. The number of amides is 1. The second-order valence-electron chi connectivity index (χ2n) is 10.0. The number of hydrogen-bond donors (Lipinski definition) is 2. The third-order valence-corrected chi connectivity index (χ3v) is 6.00. The predicted molar refractivity (Wildman–Crippen MR) is 129 cm³/mol. The highest BCUT2D eigenvalue weighted by Gasteiger charge is 2.29. The minimum atomic E-state index is -0.0728. The molecule has 33 heavy (non-hydrogen) atoms. The average molecular weight is 448 g/mol. The number of likely N-dealkylation sites (tertiary alicyclic amines) is 1. The van der Waals surface area contributed by atoms with Crippen LogP contribution in [0.3, 0.4) is 0 Å². The smallest absolute Gasteiger partial charge is 0.274 e. The monoisotopic (exact) mass is 447 g/mol. The highest BCUT2D eigenvalue weighted by Crippen LogP contribution is 2.34. The third-order valence-electron chi connectivity index (χ3n) is 6.00. The molecule has 0 unspecified atom stereocenters. The highest BCUT2D eigenvalue weighted by molar-refractivity contribution is 5.92. The van der Waals surface area contributed by atoms with E-state index in [4.69, 9.17) is 4.98 Å². The number of pyridine rings is 1. The van der Waals surface area contributed by atoms with Crippen LogP contribution in [0.15, 0.2) is 36.8 Å². The quantitative estimate of drug-likeness (QED) is 0.601. The summed E-state index contributed by atoms with van der Waals surface area (Å²) in [6, 6.07) is 6.10. The van der Waals surface area contributed by atoms with Crippen LogP contribution < -0.4 is 5.32 Å². The maximum Gasteiger partial charge on any atom is 0.274 e. The molecule has 0 atom stereocenters. The number of carbonyl (C=O) groups excluding carboxylic acids is 1. The fourth-order valence-electron chi connectivity index (χ4n) is 4.12. The van der Waals surface area contributed by atoms with Gasteiger partial charge in [-0.15, -0.1) is 0 Å². The number of rotatable bonds is 5. The molecule has 0 spiro atoms. The van der Waals surface area contributed by atoms with Gasteiger partial charge in [0, 0.05) is 60.3 Å². The molecule has 4 heterocycles. The number of anilines is 1. The Balaban J connectivity index is 1.53. The van der Waals surface area contributed by atoms with Crippen LogP contribution in [-0.2, 0) is 5.41 Å². The molecule has 3 aromatic rings. The molecular weight excluding hydrogens is 414 g/mol. The van der Waals surface area contributed by atoms with Crippen LogP contribution in [-0.4, -0.2) is 55.1 Å². The van der Waals surface area contributed by atoms with Crippen molar-refractivity contribution in [2.45, 2.75) is 64.8 Å². The Morgan fingerprint density at radius 2 is 1.88 bits per heavy atom. The average Bonchev–Trinajstić information content (AvgIpc) is 3.30. The number of aromatic amines is 1. The van der Waals surface area contributed by atoms with Crippen LogP contribution in [0, 0.1) is 0 Å². The van der Waals surface area contributed by atoms with E-state index >= 15 is 0 Å². The molecule has 0 aromatic carbocycles. The molecule has 2 N–H and O–H groups in total. The number of hydrogen-bond acceptors (Lipinski definition) is 6. The lowest BCUT2D eigenvalue weighted by molar-refractivity contribution is 0.0706. The van der Waals surface area contributed by atoms with Crippen LogP contribution in [0.25, 0.3) is 11.1 Å². The van der Waals surface area contributed by atoms with Crippen molar-refractivity contribution in [1.82, 2.24) is 30.0 Å². The first-order valence-electron chi connectivity index (χ1n) is 11.6. The Hall–Kier alpha value is -3.29. The van der Waals surface area contributed by atoms with Gasteiger partial charge in [-0.25, -0.2) is 9.97 Å². The van der Waals surface area contributed by atoms with Gasteiger partial charge in [0.05, 0.1) is 5.69 Å². The van der Waals surface area contributed by atoms with E-state index in [0.29, 0.717) is 24.7 Å². The molecule has 0 aliphatic carbocycles. The fourth-order valence-corrected chi connectivity index (χ4v) is 4.12. The zero-order valence-electron chi connectivity index (χ0n) is 20.1. The van der Waals surface area contributed by atoms with E-state index in [0.717, 1.165) is 35.4 Å². The lowest BCUT2D eigenvalue weighted by atomic mass is 9.89. The van der Waals surface area contributed by atoms with Gasteiger partial charge < -0.3 is 10.2 Å². The van der Waals surface area contributed by atoms with Gasteiger partial charge in [-0.2, -0.15) is 5.10 Å². The van der Waals surface area contributed by atoms with Gasteiger partial charge >= 0.3 is 0 Å². The van der Waals surface area contributed by atoms with Gasteiger partial charge in [-0.05, 0) is 50.5 Å². The van der Waals surface area contributed by atoms with Gasteiger partial charge in [0.25, 0.3) is 5.91 Å². The predicted octanol–water partition coefficient (Wildman–Crippen LogP) is 4.40.